The maximum absolute atomic E-state index is 13.4. The predicted molar refractivity (Wildman–Crippen MR) is 149 cm³/mol. The predicted octanol–water partition coefficient (Wildman–Crippen LogP) is 0.865. The third-order valence-corrected chi connectivity index (χ3v) is 5.77. The first-order valence-electron chi connectivity index (χ1n) is 13.2. The highest BCUT2D eigenvalue weighted by molar-refractivity contribution is 5.93. The molecule has 0 aliphatic heterocycles. The van der Waals surface area contributed by atoms with Crippen LogP contribution in [0.25, 0.3) is 0 Å². The molecule has 16 nitrogen and oxygen atoms in total. The largest absolute Gasteiger partial charge is 0.733 e. The van der Waals surface area contributed by atoms with E-state index in [9.17, 15) is 34.0 Å². The van der Waals surface area contributed by atoms with Crippen molar-refractivity contribution in [2.45, 2.75) is 76.6 Å². The van der Waals surface area contributed by atoms with Gasteiger partial charge in [-0.05, 0) is 51.3 Å². The molecule has 3 amide bonds. The van der Waals surface area contributed by atoms with Crippen LogP contribution in [0, 0.1) is 5.21 Å². The third-order valence-electron chi connectivity index (χ3n) is 5.77. The van der Waals surface area contributed by atoms with Gasteiger partial charge in [-0.1, -0.05) is 12.1 Å². The smallest absolute Gasteiger partial charge is 0.408 e. The summed E-state index contributed by atoms with van der Waals surface area (Å²) in [5.74, 6) is -3.86. The molecular formula is C27H39N4O12-. The minimum atomic E-state index is -1.37. The highest BCUT2D eigenvalue weighted by Crippen LogP contribution is 2.15. The van der Waals surface area contributed by atoms with Gasteiger partial charge in [-0.2, -0.15) is 0 Å². The summed E-state index contributed by atoms with van der Waals surface area (Å²) < 4.78 is 19.1. The SMILES string of the molecule is COC(=O)CCC(NC(=O)OC(C)(C)C)C(=O)NC(Cc1ccc(N([O-])O)cc1)C(=O)NC(CCC(=O)OC)C(=O)OC. The zero-order valence-electron chi connectivity index (χ0n) is 25.0. The fourth-order valence-corrected chi connectivity index (χ4v) is 3.59. The minimum Gasteiger partial charge on any atom is -0.733 e. The lowest BCUT2D eigenvalue weighted by Gasteiger charge is -2.26. The van der Waals surface area contributed by atoms with Crippen LogP contribution in [0.5, 0.6) is 0 Å². The Morgan fingerprint density at radius 2 is 1.28 bits per heavy atom. The number of benzene rings is 1. The molecule has 1 rings (SSSR count). The van der Waals surface area contributed by atoms with Crippen LogP contribution in [0.3, 0.4) is 0 Å². The van der Waals surface area contributed by atoms with Gasteiger partial charge in [0.2, 0.25) is 11.8 Å². The Balaban J connectivity index is 3.30. The maximum atomic E-state index is 13.4. The van der Waals surface area contributed by atoms with Gasteiger partial charge in [0.05, 0.1) is 27.0 Å². The molecular weight excluding hydrogens is 572 g/mol. The number of ether oxygens (including phenoxy) is 4. The number of nitrogens with one attached hydrogen (secondary N) is 3. The van der Waals surface area contributed by atoms with Crippen LogP contribution in [0.4, 0.5) is 10.5 Å². The van der Waals surface area contributed by atoms with E-state index in [-0.39, 0.29) is 43.0 Å². The van der Waals surface area contributed by atoms with E-state index in [0.29, 0.717) is 5.56 Å². The normalized spacial score (nSPS) is 12.9. The van der Waals surface area contributed by atoms with Crippen LogP contribution >= 0.6 is 0 Å². The number of hydrogen-bond acceptors (Lipinski definition) is 13. The fourth-order valence-electron chi connectivity index (χ4n) is 3.59. The first-order chi connectivity index (χ1) is 20.1. The highest BCUT2D eigenvalue weighted by Gasteiger charge is 2.31. The molecule has 240 valence electrons. The van der Waals surface area contributed by atoms with Crippen LogP contribution < -0.4 is 21.2 Å². The lowest BCUT2D eigenvalue weighted by molar-refractivity contribution is -0.146. The quantitative estimate of drug-likeness (QED) is 0.123. The van der Waals surface area contributed by atoms with E-state index < -0.39 is 59.5 Å². The van der Waals surface area contributed by atoms with Crippen molar-refractivity contribution < 1.29 is 52.9 Å². The summed E-state index contributed by atoms with van der Waals surface area (Å²) in [7, 11) is 3.41. The van der Waals surface area contributed by atoms with E-state index in [2.05, 4.69) is 25.4 Å². The lowest BCUT2D eigenvalue weighted by Crippen LogP contribution is -2.56. The van der Waals surface area contributed by atoms with Crippen molar-refractivity contribution in [1.29, 1.82) is 0 Å². The molecule has 4 N–H and O–H groups in total. The molecule has 1 aromatic rings. The summed E-state index contributed by atoms with van der Waals surface area (Å²) in [6.07, 6.45) is -1.99. The van der Waals surface area contributed by atoms with Crippen molar-refractivity contribution >= 4 is 41.5 Å². The van der Waals surface area contributed by atoms with Crippen molar-refractivity contribution in [2.24, 2.45) is 0 Å². The standard InChI is InChI=1S/C27H39N4O12/c1-27(2,3)43-26(37)30-18(11-13-21(32)40-4)23(34)29-20(15-16-7-9-17(10-8-16)31(38)39)24(35)28-19(25(36)42-6)12-14-22(33)41-5/h7-10,18-20,38H,11-15H2,1-6H3,(H,28,35)(H,29,34)(H,30,37)/q-1. The van der Waals surface area contributed by atoms with E-state index in [4.69, 9.17) is 14.7 Å². The molecule has 1 aromatic carbocycles. The van der Waals surface area contributed by atoms with E-state index in [1.807, 2.05) is 0 Å². The zero-order chi connectivity index (χ0) is 32.7. The zero-order valence-corrected chi connectivity index (χ0v) is 25.0. The molecule has 0 aliphatic carbocycles. The van der Waals surface area contributed by atoms with Gasteiger partial charge in [-0.15, -0.1) is 0 Å². The summed E-state index contributed by atoms with van der Waals surface area (Å²) in [5, 5.41) is 27.2. The molecule has 0 bridgehead atoms. The van der Waals surface area contributed by atoms with Crippen LogP contribution in [-0.2, 0) is 49.3 Å². The van der Waals surface area contributed by atoms with E-state index >= 15 is 0 Å². The molecule has 0 heterocycles. The Morgan fingerprint density at radius 3 is 1.74 bits per heavy atom. The number of carbonyl (C=O) groups is 6. The minimum absolute atomic E-state index is 0.0909. The first-order valence-corrected chi connectivity index (χ1v) is 13.2. The van der Waals surface area contributed by atoms with Gasteiger partial charge < -0.3 is 45.3 Å². The number of amides is 3. The molecule has 0 aromatic heterocycles. The average molecular weight is 612 g/mol. The summed E-state index contributed by atoms with van der Waals surface area (Å²) in [4.78, 5) is 75.0. The molecule has 3 unspecified atom stereocenters. The average Bonchev–Trinajstić information content (AvgIpc) is 2.95. The second-order valence-corrected chi connectivity index (χ2v) is 10.2. The molecule has 3 atom stereocenters. The van der Waals surface area contributed by atoms with Crippen molar-refractivity contribution in [3.05, 3.63) is 35.0 Å². The third kappa shape index (κ3) is 13.8. The van der Waals surface area contributed by atoms with E-state index in [1.165, 1.54) is 24.3 Å². The first kappa shape index (κ1) is 36.6. The Labute approximate surface area is 248 Å². The molecule has 0 radical (unpaired) electrons. The van der Waals surface area contributed by atoms with Crippen molar-refractivity contribution in [2.75, 3.05) is 26.6 Å². The second kappa shape index (κ2) is 17.5. The molecule has 0 fully saturated rings. The highest BCUT2D eigenvalue weighted by atomic mass is 16.8. The van der Waals surface area contributed by atoms with Crippen LogP contribution in [0.15, 0.2) is 24.3 Å². The van der Waals surface area contributed by atoms with Crippen molar-refractivity contribution in [3.63, 3.8) is 0 Å². The molecule has 0 aliphatic rings. The van der Waals surface area contributed by atoms with Gasteiger partial charge in [-0.3, -0.25) is 24.4 Å². The monoisotopic (exact) mass is 611 g/mol. The summed E-state index contributed by atoms with van der Waals surface area (Å²) in [6, 6.07) is 1.40. The van der Waals surface area contributed by atoms with Gasteiger partial charge >= 0.3 is 24.0 Å². The molecule has 43 heavy (non-hydrogen) atoms. The number of alkyl carbamates (subject to hydrolysis) is 1. The Morgan fingerprint density at radius 1 is 0.791 bits per heavy atom. The second-order valence-electron chi connectivity index (χ2n) is 10.2. The number of carbonyl (C=O) groups excluding carboxylic acids is 6. The number of hydrogen-bond donors (Lipinski definition) is 4. The van der Waals surface area contributed by atoms with Gasteiger partial charge in [0.1, 0.15) is 23.7 Å². The molecule has 0 spiro atoms. The Kier molecular flexibility index (Phi) is 14.9. The van der Waals surface area contributed by atoms with Crippen molar-refractivity contribution in [1.82, 2.24) is 16.0 Å². The Hall–Kier alpha value is -4.44. The fraction of sp³-hybridized carbons (Fsp3) is 0.556. The van der Waals surface area contributed by atoms with Crippen LogP contribution in [0.2, 0.25) is 0 Å². The van der Waals surface area contributed by atoms with Crippen LogP contribution in [-0.4, -0.2) is 86.1 Å². The van der Waals surface area contributed by atoms with Gasteiger partial charge in [0.15, 0.2) is 0 Å². The number of rotatable bonds is 15. The van der Waals surface area contributed by atoms with E-state index in [1.54, 1.807) is 20.8 Å². The molecule has 0 saturated carbocycles. The molecule has 16 heteroatoms. The Bertz CT molecular complexity index is 1120. The topological polar surface area (TPSA) is 222 Å². The number of methoxy groups -OCH3 is 3. The molecule has 0 saturated heterocycles. The maximum Gasteiger partial charge on any atom is 0.408 e. The van der Waals surface area contributed by atoms with E-state index in [0.717, 1.165) is 21.3 Å². The number of nitrogens with zero attached hydrogens (tertiary/aromatic N) is 1. The van der Waals surface area contributed by atoms with Gasteiger partial charge in [0, 0.05) is 19.3 Å². The summed E-state index contributed by atoms with van der Waals surface area (Å²) in [5.41, 5.74) is -0.558. The summed E-state index contributed by atoms with van der Waals surface area (Å²) in [6.45, 7) is 4.84. The van der Waals surface area contributed by atoms with Crippen LogP contribution in [0.1, 0.15) is 52.0 Å². The van der Waals surface area contributed by atoms with Gasteiger partial charge in [0.25, 0.3) is 0 Å². The van der Waals surface area contributed by atoms with Gasteiger partial charge in [-0.25, -0.2) is 9.59 Å². The summed E-state index contributed by atoms with van der Waals surface area (Å²) >= 11 is 0. The van der Waals surface area contributed by atoms with Crippen molar-refractivity contribution in [3.8, 4) is 0 Å². The number of anilines is 1. The lowest BCUT2D eigenvalue weighted by atomic mass is 10.0. The number of esters is 3.